The molecule has 0 aliphatic carbocycles. The van der Waals surface area contributed by atoms with Gasteiger partial charge in [0.05, 0.1) is 27.4 Å². The molecule has 0 fully saturated rings. The molecule has 2 N–H and O–H groups in total. The highest BCUT2D eigenvalue weighted by atomic mass is 79.9. The number of aromatic nitrogens is 3. The molecule has 2 heterocycles. The second-order valence-electron chi connectivity index (χ2n) is 6.09. The Balaban J connectivity index is 1.89. The van der Waals surface area contributed by atoms with Crippen LogP contribution in [0.5, 0.6) is 0 Å². The number of hydrogen-bond donors (Lipinski definition) is 1. The molecule has 0 aliphatic rings. The van der Waals surface area contributed by atoms with Crippen molar-refractivity contribution < 1.29 is 0 Å². The van der Waals surface area contributed by atoms with Gasteiger partial charge in [-0.2, -0.15) is 4.98 Å². The van der Waals surface area contributed by atoms with Gasteiger partial charge in [-0.3, -0.25) is 3.93 Å². The van der Waals surface area contributed by atoms with E-state index in [9.17, 15) is 0 Å². The maximum absolute atomic E-state index is 6.06. The van der Waals surface area contributed by atoms with E-state index >= 15 is 0 Å². The molecule has 0 saturated carbocycles. The third-order valence-electron chi connectivity index (χ3n) is 4.21. The largest absolute Gasteiger partial charge is 0.368 e. The van der Waals surface area contributed by atoms with Crippen molar-refractivity contribution in [3.05, 3.63) is 71.5 Å². The molecular weight excluding hydrogens is 426 g/mol. The Labute approximate surface area is 170 Å². The fourth-order valence-electron chi connectivity index (χ4n) is 2.86. The second kappa shape index (κ2) is 7.13. The number of pyridine rings is 1. The van der Waals surface area contributed by atoms with Gasteiger partial charge in [-0.15, -0.1) is 0 Å². The van der Waals surface area contributed by atoms with Crippen LogP contribution in [0.2, 0.25) is 5.15 Å². The number of hydrogen-bond acceptors (Lipinski definition) is 5. The molecule has 0 unspecified atom stereocenters. The lowest BCUT2D eigenvalue weighted by molar-refractivity contribution is 1.21. The lowest BCUT2D eigenvalue weighted by atomic mass is 10.0. The highest BCUT2D eigenvalue weighted by Gasteiger charge is 2.15. The van der Waals surface area contributed by atoms with E-state index in [0.29, 0.717) is 11.0 Å². The first kappa shape index (κ1) is 17.7. The highest BCUT2D eigenvalue weighted by Crippen LogP contribution is 2.35. The summed E-state index contributed by atoms with van der Waals surface area (Å²) in [5.74, 6) is 0.888. The van der Waals surface area contributed by atoms with Crippen molar-refractivity contribution in [2.24, 2.45) is 0 Å². The number of halogens is 2. The highest BCUT2D eigenvalue weighted by molar-refractivity contribution is 9.10. The number of nitrogens with two attached hydrogens (primary N) is 1. The molecule has 27 heavy (non-hydrogen) atoms. The van der Waals surface area contributed by atoms with E-state index in [-0.39, 0.29) is 5.95 Å². The Morgan fingerprint density at radius 2 is 1.78 bits per heavy atom. The summed E-state index contributed by atoms with van der Waals surface area (Å²) in [6, 6.07) is 17.8. The third-order valence-corrected chi connectivity index (χ3v) is 5.35. The molecule has 7 heteroatoms. The summed E-state index contributed by atoms with van der Waals surface area (Å²) in [7, 11) is 0. The maximum Gasteiger partial charge on any atom is 0.222 e. The molecule has 4 aromatic rings. The zero-order chi connectivity index (χ0) is 19.0. The van der Waals surface area contributed by atoms with Gasteiger partial charge in [-0.25, -0.2) is 9.97 Å². The predicted molar refractivity (Wildman–Crippen MR) is 114 cm³/mol. The van der Waals surface area contributed by atoms with Crippen LogP contribution in [0.3, 0.4) is 0 Å². The molecule has 2 aromatic carbocycles. The normalized spacial score (nSPS) is 10.9. The summed E-state index contributed by atoms with van der Waals surface area (Å²) >= 11 is 9.67. The van der Waals surface area contributed by atoms with E-state index in [1.807, 2.05) is 65.4 Å². The van der Waals surface area contributed by atoms with Crippen LogP contribution in [0.25, 0.3) is 22.0 Å². The minimum absolute atomic E-state index is 0.217. The summed E-state index contributed by atoms with van der Waals surface area (Å²) < 4.78 is 1.82. The summed E-state index contributed by atoms with van der Waals surface area (Å²) in [5, 5.41) is 1.38. The van der Waals surface area contributed by atoms with Gasteiger partial charge in [0.2, 0.25) is 5.95 Å². The summed E-state index contributed by atoms with van der Waals surface area (Å²) in [6.45, 7) is 1.94. The Hall–Kier alpha value is -2.70. The van der Waals surface area contributed by atoms with Crippen molar-refractivity contribution >= 4 is 56.1 Å². The minimum Gasteiger partial charge on any atom is -0.368 e. The van der Waals surface area contributed by atoms with Gasteiger partial charge in [0.1, 0.15) is 5.15 Å². The number of para-hydroxylation sites is 1. The van der Waals surface area contributed by atoms with Crippen LogP contribution in [-0.2, 0) is 0 Å². The van der Waals surface area contributed by atoms with Crippen LogP contribution in [0.1, 0.15) is 5.56 Å². The van der Waals surface area contributed by atoms with Gasteiger partial charge in [-0.05, 0) is 48.4 Å². The van der Waals surface area contributed by atoms with E-state index < -0.39 is 0 Å². The van der Waals surface area contributed by atoms with Crippen LogP contribution in [0.4, 0.5) is 17.5 Å². The average Bonchev–Trinajstić information content (AvgIpc) is 2.69. The minimum atomic E-state index is 0.217. The third kappa shape index (κ3) is 3.46. The molecule has 0 saturated heterocycles. The molecule has 2 aromatic heterocycles. The Morgan fingerprint density at radius 3 is 2.52 bits per heavy atom. The van der Waals surface area contributed by atoms with E-state index in [0.717, 1.165) is 33.3 Å². The van der Waals surface area contributed by atoms with E-state index in [4.69, 9.17) is 17.3 Å². The monoisotopic (exact) mass is 439 g/mol. The molecular formula is C20H15BrClN5. The smallest absolute Gasteiger partial charge is 0.222 e. The van der Waals surface area contributed by atoms with Crippen LogP contribution >= 0.6 is 27.7 Å². The van der Waals surface area contributed by atoms with E-state index in [1.165, 1.54) is 0 Å². The number of fused-ring (bicyclic) bond motifs is 1. The van der Waals surface area contributed by atoms with Crippen molar-refractivity contribution in [1.82, 2.24) is 15.0 Å². The van der Waals surface area contributed by atoms with E-state index in [1.54, 1.807) is 6.20 Å². The van der Waals surface area contributed by atoms with Gasteiger partial charge in [0, 0.05) is 17.1 Å². The second-order valence-corrected chi connectivity index (χ2v) is 7.15. The fraction of sp³-hybridized carbons (Fsp3) is 0.0500. The van der Waals surface area contributed by atoms with Gasteiger partial charge < -0.3 is 5.73 Å². The van der Waals surface area contributed by atoms with Crippen LogP contribution in [0.15, 0.2) is 60.8 Å². The molecule has 134 valence electrons. The molecule has 0 bridgehead atoms. The zero-order valence-corrected chi connectivity index (χ0v) is 16.7. The lowest BCUT2D eigenvalue weighted by Crippen LogP contribution is -2.07. The first-order valence-corrected chi connectivity index (χ1v) is 9.32. The molecule has 0 aliphatic heterocycles. The van der Waals surface area contributed by atoms with Gasteiger partial charge in [0.15, 0.2) is 5.82 Å². The number of nitrogens with zero attached hydrogens (tertiary/aromatic N) is 4. The molecule has 0 spiro atoms. The number of nitrogen functional groups attached to an aromatic ring is 1. The van der Waals surface area contributed by atoms with Crippen molar-refractivity contribution in [3.8, 4) is 11.1 Å². The maximum atomic E-state index is 6.06. The molecule has 0 amide bonds. The van der Waals surface area contributed by atoms with Crippen molar-refractivity contribution in [2.75, 3.05) is 9.66 Å². The Morgan fingerprint density at radius 1 is 1.00 bits per heavy atom. The predicted octanol–water partition coefficient (Wildman–Crippen LogP) is 5.68. The van der Waals surface area contributed by atoms with Crippen LogP contribution < -0.4 is 9.66 Å². The lowest BCUT2D eigenvalue weighted by Gasteiger charge is -2.18. The van der Waals surface area contributed by atoms with Crippen LogP contribution in [0, 0.1) is 6.92 Å². The first-order chi connectivity index (χ1) is 13.0. The van der Waals surface area contributed by atoms with Gasteiger partial charge in [-0.1, -0.05) is 35.9 Å². The molecule has 4 rings (SSSR count). The number of aryl methyl sites for hydroxylation is 1. The Bertz CT molecular complexity index is 1130. The summed E-state index contributed by atoms with van der Waals surface area (Å²) in [5.41, 5.74) is 10.5. The van der Waals surface area contributed by atoms with Crippen molar-refractivity contribution in [1.29, 1.82) is 0 Å². The molecule has 0 atom stereocenters. The van der Waals surface area contributed by atoms with Gasteiger partial charge >= 0.3 is 0 Å². The number of benzene rings is 2. The Kier molecular flexibility index (Phi) is 4.68. The van der Waals surface area contributed by atoms with Gasteiger partial charge in [0.25, 0.3) is 0 Å². The summed E-state index contributed by atoms with van der Waals surface area (Å²) in [4.78, 5) is 13.1. The zero-order valence-electron chi connectivity index (χ0n) is 14.4. The standard InChI is InChI=1S/C20H15BrClN5/c1-12-9-14(11-24-18(12)22)13-7-8-17-16(10-13)19(26-20(23)25-17)27(21)15-5-3-2-4-6-15/h2-11H,1H3,(H2,23,25,26). The quantitative estimate of drug-likeness (QED) is 0.328. The number of anilines is 3. The first-order valence-electron chi connectivity index (χ1n) is 8.23. The average molecular weight is 441 g/mol. The molecule has 5 nitrogen and oxygen atoms in total. The molecule has 0 radical (unpaired) electrons. The SMILES string of the molecule is Cc1cc(-c2ccc3nc(N)nc(N(Br)c4ccccc4)c3c2)cnc1Cl. The topological polar surface area (TPSA) is 67.9 Å². The van der Waals surface area contributed by atoms with Crippen LogP contribution in [-0.4, -0.2) is 15.0 Å². The fourth-order valence-corrected chi connectivity index (χ4v) is 3.47. The number of rotatable bonds is 3. The summed E-state index contributed by atoms with van der Waals surface area (Å²) in [6.07, 6.45) is 1.76. The van der Waals surface area contributed by atoms with Crippen molar-refractivity contribution in [2.45, 2.75) is 6.92 Å². The van der Waals surface area contributed by atoms with E-state index in [2.05, 4.69) is 31.1 Å². The van der Waals surface area contributed by atoms with Crippen molar-refractivity contribution in [3.63, 3.8) is 0 Å².